The predicted molar refractivity (Wildman–Crippen MR) is 87.6 cm³/mol. The van der Waals surface area contributed by atoms with Crippen LogP contribution in [0.25, 0.3) is 0 Å². The number of nitrogens with one attached hydrogen (secondary N) is 1. The number of hydrogen-bond donors (Lipinski definition) is 2. The lowest BCUT2D eigenvalue weighted by molar-refractivity contribution is -0.118. The summed E-state index contributed by atoms with van der Waals surface area (Å²) in [5.41, 5.74) is 7.31. The van der Waals surface area contributed by atoms with Crippen LogP contribution in [-0.4, -0.2) is 33.0 Å². The van der Waals surface area contributed by atoms with Gasteiger partial charge < -0.3 is 11.1 Å². The van der Waals surface area contributed by atoms with Crippen LogP contribution in [0.4, 0.5) is 5.95 Å². The van der Waals surface area contributed by atoms with Crippen molar-refractivity contribution in [3.8, 4) is 0 Å². The largest absolute Gasteiger partial charge is 0.368 e. The first-order valence-electron chi connectivity index (χ1n) is 8.02. The summed E-state index contributed by atoms with van der Waals surface area (Å²) < 4.78 is 1.95. The van der Waals surface area contributed by atoms with Crippen molar-refractivity contribution < 1.29 is 4.79 Å². The van der Waals surface area contributed by atoms with E-state index in [1.807, 2.05) is 4.57 Å². The third-order valence-electron chi connectivity index (χ3n) is 4.09. The molecule has 3 rings (SSSR count). The highest BCUT2D eigenvalue weighted by molar-refractivity contribution is 7.99. The van der Waals surface area contributed by atoms with Crippen LogP contribution in [0.2, 0.25) is 0 Å². The van der Waals surface area contributed by atoms with E-state index in [-0.39, 0.29) is 5.91 Å². The average Bonchev–Trinajstić information content (AvgIpc) is 3.29. The van der Waals surface area contributed by atoms with Crippen molar-refractivity contribution in [1.29, 1.82) is 0 Å². The molecule has 1 heterocycles. The SMILES string of the molecule is Nc1nnc(SCC(=O)NCCC2=CCCCC2)n1C1CC1. The van der Waals surface area contributed by atoms with Gasteiger partial charge >= 0.3 is 0 Å². The summed E-state index contributed by atoms with van der Waals surface area (Å²) in [7, 11) is 0. The van der Waals surface area contributed by atoms with Crippen LogP contribution in [0.5, 0.6) is 0 Å². The number of nitrogen functional groups attached to an aromatic ring is 1. The van der Waals surface area contributed by atoms with Gasteiger partial charge in [0.1, 0.15) is 0 Å². The van der Waals surface area contributed by atoms with E-state index in [1.165, 1.54) is 43.0 Å². The Hall–Kier alpha value is -1.50. The molecule has 0 bridgehead atoms. The summed E-state index contributed by atoms with van der Waals surface area (Å²) in [6.07, 6.45) is 10.5. The number of nitrogens with zero attached hydrogens (tertiary/aromatic N) is 3. The van der Waals surface area contributed by atoms with E-state index >= 15 is 0 Å². The summed E-state index contributed by atoms with van der Waals surface area (Å²) >= 11 is 1.41. The quantitative estimate of drug-likeness (QED) is 0.594. The Morgan fingerprint density at radius 2 is 2.27 bits per heavy atom. The highest BCUT2D eigenvalue weighted by atomic mass is 32.2. The maximum atomic E-state index is 11.9. The molecule has 0 unspecified atom stereocenters. The lowest BCUT2D eigenvalue weighted by Crippen LogP contribution is -2.26. The minimum absolute atomic E-state index is 0.0466. The van der Waals surface area contributed by atoms with Gasteiger partial charge in [0.25, 0.3) is 0 Å². The fourth-order valence-corrected chi connectivity index (χ4v) is 3.58. The van der Waals surface area contributed by atoms with Gasteiger partial charge in [-0.05, 0) is 44.9 Å². The van der Waals surface area contributed by atoms with Crippen molar-refractivity contribution in [3.05, 3.63) is 11.6 Å². The van der Waals surface area contributed by atoms with Gasteiger partial charge in [-0.1, -0.05) is 23.4 Å². The third kappa shape index (κ3) is 4.03. The lowest BCUT2D eigenvalue weighted by atomic mass is 9.97. The maximum absolute atomic E-state index is 11.9. The molecule has 2 aliphatic rings. The Morgan fingerprint density at radius 3 is 3.00 bits per heavy atom. The van der Waals surface area contributed by atoms with E-state index in [4.69, 9.17) is 5.73 Å². The predicted octanol–water partition coefficient (Wildman–Crippen LogP) is 2.29. The minimum atomic E-state index is 0.0466. The number of amides is 1. The summed E-state index contributed by atoms with van der Waals surface area (Å²) in [6.45, 7) is 0.725. The molecule has 1 aromatic rings. The van der Waals surface area contributed by atoms with Crippen molar-refractivity contribution >= 4 is 23.6 Å². The molecule has 1 amide bonds. The van der Waals surface area contributed by atoms with E-state index in [0.717, 1.165) is 31.0 Å². The number of allylic oxidation sites excluding steroid dienone is 1. The first kappa shape index (κ1) is 15.4. The zero-order valence-corrected chi connectivity index (χ0v) is 13.6. The topological polar surface area (TPSA) is 85.8 Å². The van der Waals surface area contributed by atoms with E-state index < -0.39 is 0 Å². The van der Waals surface area contributed by atoms with Crippen LogP contribution in [-0.2, 0) is 4.79 Å². The zero-order valence-electron chi connectivity index (χ0n) is 12.8. The molecule has 22 heavy (non-hydrogen) atoms. The summed E-state index contributed by atoms with van der Waals surface area (Å²) in [4.78, 5) is 11.9. The Labute approximate surface area is 134 Å². The highest BCUT2D eigenvalue weighted by Gasteiger charge is 2.29. The molecule has 0 atom stereocenters. The molecular weight excluding hydrogens is 298 g/mol. The Morgan fingerprint density at radius 1 is 1.41 bits per heavy atom. The van der Waals surface area contributed by atoms with Crippen LogP contribution in [0.15, 0.2) is 16.8 Å². The molecule has 2 aliphatic carbocycles. The van der Waals surface area contributed by atoms with Crippen molar-refractivity contribution in [2.75, 3.05) is 18.0 Å². The van der Waals surface area contributed by atoms with Crippen LogP contribution in [0, 0.1) is 0 Å². The molecular formula is C15H23N5OS. The van der Waals surface area contributed by atoms with Crippen molar-refractivity contribution in [3.63, 3.8) is 0 Å². The number of carbonyl (C=O) groups excluding carboxylic acids is 1. The number of nitrogens with two attached hydrogens (primary N) is 1. The lowest BCUT2D eigenvalue weighted by Gasteiger charge is -2.12. The second-order valence-corrected chi connectivity index (χ2v) is 6.88. The van der Waals surface area contributed by atoms with E-state index in [0.29, 0.717) is 17.7 Å². The fraction of sp³-hybridized carbons (Fsp3) is 0.667. The summed E-state index contributed by atoms with van der Waals surface area (Å²) in [5.74, 6) is 0.865. The van der Waals surface area contributed by atoms with E-state index in [1.54, 1.807) is 0 Å². The van der Waals surface area contributed by atoms with Crippen molar-refractivity contribution in [1.82, 2.24) is 20.1 Å². The van der Waals surface area contributed by atoms with Gasteiger partial charge in [-0.3, -0.25) is 9.36 Å². The first-order valence-corrected chi connectivity index (χ1v) is 9.00. The molecule has 3 N–H and O–H groups in total. The van der Waals surface area contributed by atoms with E-state index in [2.05, 4.69) is 21.6 Å². The number of carbonyl (C=O) groups is 1. The van der Waals surface area contributed by atoms with Gasteiger partial charge in [0.15, 0.2) is 5.16 Å². The molecule has 0 aromatic carbocycles. The molecule has 1 aromatic heterocycles. The maximum Gasteiger partial charge on any atom is 0.230 e. The zero-order chi connectivity index (χ0) is 15.4. The van der Waals surface area contributed by atoms with Crippen LogP contribution in [0.3, 0.4) is 0 Å². The van der Waals surface area contributed by atoms with Gasteiger partial charge in [0.05, 0.1) is 5.75 Å². The number of hydrogen-bond acceptors (Lipinski definition) is 5. The van der Waals surface area contributed by atoms with Crippen LogP contribution < -0.4 is 11.1 Å². The number of anilines is 1. The summed E-state index contributed by atoms with van der Waals surface area (Å²) in [5, 5.41) is 11.7. The highest BCUT2D eigenvalue weighted by Crippen LogP contribution is 2.39. The molecule has 7 heteroatoms. The average molecular weight is 321 g/mol. The van der Waals surface area contributed by atoms with Crippen molar-refractivity contribution in [2.45, 2.75) is 56.1 Å². The Kier molecular flexibility index (Phi) is 5.02. The fourth-order valence-electron chi connectivity index (χ4n) is 2.74. The van der Waals surface area contributed by atoms with Gasteiger partial charge in [0.2, 0.25) is 11.9 Å². The summed E-state index contributed by atoms with van der Waals surface area (Å²) in [6, 6.07) is 0.429. The molecule has 120 valence electrons. The number of thioether (sulfide) groups is 1. The molecule has 1 fully saturated rings. The third-order valence-corrected chi connectivity index (χ3v) is 5.03. The van der Waals surface area contributed by atoms with Gasteiger partial charge in [-0.15, -0.1) is 10.2 Å². The molecule has 6 nitrogen and oxygen atoms in total. The molecule has 0 aliphatic heterocycles. The molecule has 0 saturated heterocycles. The second-order valence-electron chi connectivity index (χ2n) is 5.94. The normalized spacial score (nSPS) is 18.1. The minimum Gasteiger partial charge on any atom is -0.368 e. The second kappa shape index (κ2) is 7.17. The Balaban J connectivity index is 1.40. The first-order chi connectivity index (χ1) is 10.7. The standard InChI is InChI=1S/C15H23N5OS/c16-14-18-19-15(20(14)12-6-7-12)22-10-13(21)17-9-8-11-4-2-1-3-5-11/h4,12H,1-3,5-10H2,(H2,16,18)(H,17,21). The number of rotatable bonds is 7. The smallest absolute Gasteiger partial charge is 0.230 e. The van der Waals surface area contributed by atoms with Crippen LogP contribution in [0.1, 0.15) is 51.0 Å². The monoisotopic (exact) mass is 321 g/mol. The number of aromatic nitrogens is 3. The molecule has 0 radical (unpaired) electrons. The van der Waals surface area contributed by atoms with Gasteiger partial charge in [0, 0.05) is 12.6 Å². The van der Waals surface area contributed by atoms with Crippen molar-refractivity contribution in [2.24, 2.45) is 0 Å². The van der Waals surface area contributed by atoms with Crippen LogP contribution >= 0.6 is 11.8 Å². The molecule has 0 spiro atoms. The Bertz CT molecular complexity index is 564. The van der Waals surface area contributed by atoms with Gasteiger partial charge in [-0.2, -0.15) is 0 Å². The van der Waals surface area contributed by atoms with Gasteiger partial charge in [-0.25, -0.2) is 0 Å². The van der Waals surface area contributed by atoms with E-state index in [9.17, 15) is 4.79 Å². The molecule has 1 saturated carbocycles.